The average Bonchev–Trinajstić information content (AvgIpc) is 3.33. The van der Waals surface area contributed by atoms with Crippen molar-refractivity contribution >= 4 is 29.3 Å². The molecule has 0 saturated carbocycles. The Labute approximate surface area is 218 Å². The summed E-state index contributed by atoms with van der Waals surface area (Å²) in [6, 6.07) is 7.43. The van der Waals surface area contributed by atoms with Gasteiger partial charge in [-0.15, -0.1) is 0 Å². The number of amides is 2. The maximum absolute atomic E-state index is 11.9. The van der Waals surface area contributed by atoms with Crippen molar-refractivity contribution in [3.63, 3.8) is 0 Å². The van der Waals surface area contributed by atoms with Gasteiger partial charge >= 0.3 is 6.03 Å². The molecule has 0 radical (unpaired) electrons. The van der Waals surface area contributed by atoms with E-state index in [4.69, 9.17) is 16.2 Å². The fourth-order valence-corrected chi connectivity index (χ4v) is 4.03. The van der Waals surface area contributed by atoms with E-state index in [2.05, 4.69) is 44.0 Å². The van der Waals surface area contributed by atoms with Gasteiger partial charge in [-0.05, 0) is 49.4 Å². The first-order chi connectivity index (χ1) is 17.8. The van der Waals surface area contributed by atoms with Crippen LogP contribution < -0.4 is 27.4 Å². The number of nitrogens with zero attached hydrogens (tertiary/aromatic N) is 3. The van der Waals surface area contributed by atoms with E-state index in [0.717, 1.165) is 42.9 Å². The summed E-state index contributed by atoms with van der Waals surface area (Å²) in [7, 11) is 1.76. The van der Waals surface area contributed by atoms with E-state index in [1.54, 1.807) is 19.4 Å². The predicted molar refractivity (Wildman–Crippen MR) is 151 cm³/mol. The first-order valence-corrected chi connectivity index (χ1v) is 12.1. The number of likely N-dealkylation sites (tertiary alicyclic amines) is 1. The van der Waals surface area contributed by atoms with Crippen LogP contribution in [0.4, 0.5) is 16.2 Å². The number of allylic oxidation sites excluding steroid dienone is 1. The highest BCUT2D eigenvalue weighted by molar-refractivity contribution is 5.91. The van der Waals surface area contributed by atoms with Crippen LogP contribution in [0.15, 0.2) is 66.7 Å². The Balaban J connectivity index is 1.86. The number of nitrogens with one attached hydrogen (secondary N) is 3. The Kier molecular flexibility index (Phi) is 9.82. The molecule has 10 heteroatoms. The van der Waals surface area contributed by atoms with E-state index in [0.29, 0.717) is 29.2 Å². The molecule has 2 amide bonds. The lowest BCUT2D eigenvalue weighted by molar-refractivity contribution is 0.107. The molecule has 0 spiro atoms. The van der Waals surface area contributed by atoms with Gasteiger partial charge in [-0.1, -0.05) is 19.2 Å². The van der Waals surface area contributed by atoms with Gasteiger partial charge in [0.2, 0.25) is 0 Å². The quantitative estimate of drug-likeness (QED) is 0.233. The average molecular weight is 505 g/mol. The number of hydrogen-bond acceptors (Lipinski definition) is 8. The Morgan fingerprint density at radius 2 is 2.14 bits per heavy atom. The summed E-state index contributed by atoms with van der Waals surface area (Å²) in [6.07, 6.45) is 7.68. The van der Waals surface area contributed by atoms with E-state index in [-0.39, 0.29) is 18.0 Å². The molecule has 196 valence electrons. The zero-order chi connectivity index (χ0) is 26.8. The summed E-state index contributed by atoms with van der Waals surface area (Å²) in [6.45, 7) is 13.0. The van der Waals surface area contributed by atoms with Crippen molar-refractivity contribution in [1.82, 2.24) is 20.5 Å². The van der Waals surface area contributed by atoms with Crippen LogP contribution in [0.5, 0.6) is 0 Å². The van der Waals surface area contributed by atoms with Crippen molar-refractivity contribution in [2.24, 2.45) is 10.7 Å². The molecule has 7 N–H and O–H groups in total. The summed E-state index contributed by atoms with van der Waals surface area (Å²) in [5.74, 6) is 0.258. The van der Waals surface area contributed by atoms with Gasteiger partial charge in [0.25, 0.3) is 0 Å². The molecule has 2 aromatic rings. The lowest BCUT2D eigenvalue weighted by atomic mass is 9.99. The number of nitrogen functional groups attached to an aromatic ring is 1. The number of benzene rings is 1. The Hall–Kier alpha value is -4.15. The lowest BCUT2D eigenvalue weighted by Gasteiger charge is -2.19. The highest BCUT2D eigenvalue weighted by atomic mass is 16.5. The number of carbonyl (C=O) groups excluding carboxylic acids is 1. The van der Waals surface area contributed by atoms with Gasteiger partial charge < -0.3 is 26.8 Å². The van der Waals surface area contributed by atoms with E-state index < -0.39 is 0 Å². The first-order valence-electron chi connectivity index (χ1n) is 12.1. The van der Waals surface area contributed by atoms with Crippen molar-refractivity contribution in [3.8, 4) is 11.1 Å². The maximum Gasteiger partial charge on any atom is 0.320 e. The molecule has 0 unspecified atom stereocenters. The molecular weight excluding hydrogens is 468 g/mol. The second-order valence-electron chi connectivity index (χ2n) is 8.61. The number of rotatable bonds is 11. The maximum atomic E-state index is 11.9. The third-order valence-electron chi connectivity index (χ3n) is 5.89. The Bertz CT molecular complexity index is 1170. The van der Waals surface area contributed by atoms with Crippen LogP contribution in [0.1, 0.15) is 24.6 Å². The van der Waals surface area contributed by atoms with Crippen LogP contribution in [-0.4, -0.2) is 55.0 Å². The molecule has 37 heavy (non-hydrogen) atoms. The second kappa shape index (κ2) is 13.2. The zero-order valence-electron chi connectivity index (χ0n) is 21.5. The molecule has 1 aliphatic heterocycles. The summed E-state index contributed by atoms with van der Waals surface area (Å²) in [5, 5.41) is 8.36. The molecule has 0 bridgehead atoms. The zero-order valence-corrected chi connectivity index (χ0v) is 21.5. The molecule has 1 aromatic carbocycles. The molecule has 3 rings (SSSR count). The van der Waals surface area contributed by atoms with Crippen LogP contribution in [-0.2, 0) is 11.3 Å². The number of nitrogens with two attached hydrogens (primary N) is 2. The van der Waals surface area contributed by atoms with Crippen LogP contribution in [0.2, 0.25) is 0 Å². The van der Waals surface area contributed by atoms with Gasteiger partial charge in [-0.25, -0.2) is 4.79 Å². The lowest BCUT2D eigenvalue weighted by Crippen LogP contribution is -2.36. The number of ether oxygens (including phenoxy) is 1. The number of aliphatic imine (C=N–C) groups is 1. The standard InChI is InChI=1S/C27H36N8O2/c1-5-30-27(36)34-19(3)33-26-24(18(2)31-11-6-10-28)13-21(14-25(26)29)20-7-8-22(32-15-20)16-35-12-9-23(17-35)37-4/h6-8,10-11,13-15,23,33H,2-3,5,9,12,16-17,28-29H2,1,4H3,(H2,30,34,36)/b10-6-,31-11?/t23-/m1/s1. The number of methoxy groups -OCH3 is 1. The van der Waals surface area contributed by atoms with Gasteiger partial charge in [-0.2, -0.15) is 0 Å². The normalized spacial score (nSPS) is 15.8. The molecule has 1 fully saturated rings. The van der Waals surface area contributed by atoms with Gasteiger partial charge in [0.05, 0.1) is 28.9 Å². The largest absolute Gasteiger partial charge is 0.405 e. The number of aromatic nitrogens is 1. The van der Waals surface area contributed by atoms with E-state index in [1.165, 1.54) is 6.20 Å². The van der Waals surface area contributed by atoms with Crippen LogP contribution in [0, 0.1) is 0 Å². The first kappa shape index (κ1) is 27.4. The topological polar surface area (TPSA) is 143 Å². The summed E-state index contributed by atoms with van der Waals surface area (Å²) < 4.78 is 5.46. The molecule has 1 saturated heterocycles. The molecule has 1 aliphatic rings. The highest BCUT2D eigenvalue weighted by Gasteiger charge is 2.22. The number of anilines is 2. The number of carbonyl (C=O) groups is 1. The van der Waals surface area contributed by atoms with Crippen molar-refractivity contribution in [1.29, 1.82) is 0 Å². The molecular formula is C27H36N8O2. The van der Waals surface area contributed by atoms with Gasteiger partial charge in [0.1, 0.15) is 5.82 Å². The van der Waals surface area contributed by atoms with Crippen molar-refractivity contribution in [2.45, 2.75) is 26.0 Å². The minimum absolute atomic E-state index is 0.258. The van der Waals surface area contributed by atoms with Crippen molar-refractivity contribution in [2.75, 3.05) is 37.8 Å². The summed E-state index contributed by atoms with van der Waals surface area (Å²) in [5.41, 5.74) is 16.7. The van der Waals surface area contributed by atoms with E-state index in [1.807, 2.05) is 37.4 Å². The summed E-state index contributed by atoms with van der Waals surface area (Å²) in [4.78, 5) is 23.3. The van der Waals surface area contributed by atoms with Crippen LogP contribution in [0.25, 0.3) is 16.8 Å². The minimum atomic E-state index is -0.375. The van der Waals surface area contributed by atoms with E-state index in [9.17, 15) is 4.79 Å². The smallest absolute Gasteiger partial charge is 0.320 e. The summed E-state index contributed by atoms with van der Waals surface area (Å²) >= 11 is 0. The van der Waals surface area contributed by atoms with Crippen LogP contribution >= 0.6 is 0 Å². The van der Waals surface area contributed by atoms with E-state index >= 15 is 0 Å². The van der Waals surface area contributed by atoms with Crippen molar-refractivity contribution in [3.05, 3.63) is 73.0 Å². The number of pyridine rings is 1. The Morgan fingerprint density at radius 1 is 1.32 bits per heavy atom. The predicted octanol–water partition coefficient (Wildman–Crippen LogP) is 3.27. The monoisotopic (exact) mass is 504 g/mol. The molecule has 10 nitrogen and oxygen atoms in total. The third kappa shape index (κ3) is 7.66. The molecule has 1 atom stereocenters. The molecule has 2 heterocycles. The van der Waals surface area contributed by atoms with Gasteiger partial charge in [0, 0.05) is 56.8 Å². The Morgan fingerprint density at radius 3 is 2.78 bits per heavy atom. The van der Waals surface area contributed by atoms with Crippen LogP contribution in [0.3, 0.4) is 0 Å². The minimum Gasteiger partial charge on any atom is -0.405 e. The van der Waals surface area contributed by atoms with Crippen molar-refractivity contribution < 1.29 is 9.53 Å². The number of urea groups is 1. The van der Waals surface area contributed by atoms with Gasteiger partial charge in [-0.3, -0.25) is 20.2 Å². The highest BCUT2D eigenvalue weighted by Crippen LogP contribution is 2.35. The van der Waals surface area contributed by atoms with Gasteiger partial charge in [0.15, 0.2) is 0 Å². The fraction of sp³-hybridized carbons (Fsp3) is 0.296. The molecule has 1 aromatic heterocycles. The second-order valence-corrected chi connectivity index (χ2v) is 8.61. The third-order valence-corrected chi connectivity index (χ3v) is 5.89. The number of hydrogen-bond donors (Lipinski definition) is 5. The molecule has 0 aliphatic carbocycles. The fourth-order valence-electron chi connectivity index (χ4n) is 4.03. The SMILES string of the molecule is C=C(NC(=O)NCC)Nc1c(N)cc(-c2ccc(CN3CC[C@@H](OC)C3)nc2)cc1C(=C)N=C/C=C\N.